The van der Waals surface area contributed by atoms with E-state index < -0.39 is 11.6 Å². The van der Waals surface area contributed by atoms with E-state index in [-0.39, 0.29) is 6.54 Å². The van der Waals surface area contributed by atoms with Gasteiger partial charge in [-0.15, -0.1) is 0 Å². The molecule has 0 bridgehead atoms. The van der Waals surface area contributed by atoms with Crippen molar-refractivity contribution in [1.82, 2.24) is 25.1 Å². The van der Waals surface area contributed by atoms with Gasteiger partial charge in [-0.2, -0.15) is 5.10 Å². The smallest absolute Gasteiger partial charge is 0.137 e. The van der Waals surface area contributed by atoms with Crippen LogP contribution in [0.25, 0.3) is 33.3 Å². The van der Waals surface area contributed by atoms with Gasteiger partial charge in [-0.3, -0.25) is 4.68 Å². The van der Waals surface area contributed by atoms with E-state index in [0.29, 0.717) is 5.56 Å². The number of piperazine rings is 1. The van der Waals surface area contributed by atoms with Gasteiger partial charge in [0, 0.05) is 78.1 Å². The topological polar surface area (TPSA) is 61.8 Å². The Morgan fingerprint density at radius 1 is 0.919 bits per heavy atom. The van der Waals surface area contributed by atoms with Gasteiger partial charge in [-0.05, 0) is 55.3 Å². The molecule has 6 rings (SSSR count). The van der Waals surface area contributed by atoms with Gasteiger partial charge in [-0.25, -0.2) is 13.8 Å². The summed E-state index contributed by atoms with van der Waals surface area (Å²) in [5.74, 6) is -1.18. The first-order valence-electron chi connectivity index (χ1n) is 12.5. The number of rotatable bonds is 5. The van der Waals surface area contributed by atoms with Crippen LogP contribution in [-0.2, 0) is 6.54 Å². The molecule has 0 saturated carbocycles. The van der Waals surface area contributed by atoms with Crippen LogP contribution in [0.5, 0.6) is 0 Å². The average Bonchev–Trinajstić information content (AvgIpc) is 3.43. The van der Waals surface area contributed by atoms with Gasteiger partial charge in [0.25, 0.3) is 0 Å². The molecule has 0 aliphatic carbocycles. The average molecular weight is 499 g/mol. The van der Waals surface area contributed by atoms with E-state index in [0.717, 1.165) is 76.9 Å². The molecule has 6 nitrogen and oxygen atoms in total. The van der Waals surface area contributed by atoms with Crippen LogP contribution in [0.2, 0.25) is 0 Å². The van der Waals surface area contributed by atoms with Crippen molar-refractivity contribution in [2.75, 3.05) is 31.1 Å². The van der Waals surface area contributed by atoms with Crippen molar-refractivity contribution in [2.45, 2.75) is 20.4 Å². The Morgan fingerprint density at radius 3 is 2.38 bits per heavy atom. The summed E-state index contributed by atoms with van der Waals surface area (Å²) >= 11 is 0. The number of hydrogen-bond acceptors (Lipinski definition) is 4. The molecule has 0 atom stereocenters. The van der Waals surface area contributed by atoms with Crippen LogP contribution >= 0.6 is 0 Å². The van der Waals surface area contributed by atoms with Gasteiger partial charge < -0.3 is 15.2 Å². The molecule has 8 heteroatoms. The second kappa shape index (κ2) is 9.44. The predicted molar refractivity (Wildman–Crippen MR) is 143 cm³/mol. The second-order valence-corrected chi connectivity index (χ2v) is 9.59. The third-order valence-electron chi connectivity index (χ3n) is 7.12. The Bertz CT molecular complexity index is 1560. The predicted octanol–water partition coefficient (Wildman–Crippen LogP) is 5.45. The van der Waals surface area contributed by atoms with Crippen LogP contribution in [0.15, 0.2) is 60.9 Å². The van der Waals surface area contributed by atoms with Gasteiger partial charge in [0.05, 0.1) is 12.2 Å². The molecule has 2 N–H and O–H groups in total. The lowest BCUT2D eigenvalue weighted by molar-refractivity contribution is 0.573. The molecule has 37 heavy (non-hydrogen) atoms. The minimum Gasteiger partial charge on any atom is -0.369 e. The molecule has 2 aromatic carbocycles. The highest BCUT2D eigenvalue weighted by Crippen LogP contribution is 2.35. The zero-order valence-corrected chi connectivity index (χ0v) is 20.9. The third kappa shape index (κ3) is 4.49. The lowest BCUT2D eigenvalue weighted by Crippen LogP contribution is -2.43. The van der Waals surface area contributed by atoms with Crippen LogP contribution in [-0.4, -0.2) is 45.9 Å². The minimum atomic E-state index is -0.590. The van der Waals surface area contributed by atoms with E-state index in [1.54, 1.807) is 4.68 Å². The summed E-state index contributed by atoms with van der Waals surface area (Å²) in [7, 11) is 0. The van der Waals surface area contributed by atoms with Crippen molar-refractivity contribution in [3.05, 3.63) is 89.5 Å². The fraction of sp³-hybridized carbons (Fsp3) is 0.241. The van der Waals surface area contributed by atoms with Gasteiger partial charge >= 0.3 is 0 Å². The maximum Gasteiger partial charge on any atom is 0.137 e. The third-order valence-corrected chi connectivity index (χ3v) is 7.12. The number of fused-ring (bicyclic) bond motifs is 1. The molecule has 1 fully saturated rings. The summed E-state index contributed by atoms with van der Waals surface area (Å²) in [4.78, 5) is 10.4. The molecule has 1 aliphatic heterocycles. The number of anilines is 1. The fourth-order valence-corrected chi connectivity index (χ4v) is 5.27. The van der Waals surface area contributed by atoms with E-state index in [1.807, 2.05) is 26.2 Å². The van der Waals surface area contributed by atoms with Crippen LogP contribution in [0.4, 0.5) is 14.5 Å². The Morgan fingerprint density at radius 2 is 1.65 bits per heavy atom. The maximum absolute atomic E-state index is 13.7. The number of pyridine rings is 1. The first-order chi connectivity index (χ1) is 18.0. The van der Waals surface area contributed by atoms with Crippen molar-refractivity contribution >= 4 is 16.7 Å². The largest absolute Gasteiger partial charge is 0.369 e. The highest BCUT2D eigenvalue weighted by atomic mass is 19.1. The molecule has 1 aliphatic rings. The van der Waals surface area contributed by atoms with Crippen molar-refractivity contribution < 1.29 is 8.78 Å². The molecule has 0 amide bonds. The molecule has 0 unspecified atom stereocenters. The van der Waals surface area contributed by atoms with Crippen molar-refractivity contribution in [3.8, 4) is 22.3 Å². The lowest BCUT2D eigenvalue weighted by atomic mass is 10.0. The Kier molecular flexibility index (Phi) is 5.96. The van der Waals surface area contributed by atoms with Crippen molar-refractivity contribution in [2.24, 2.45) is 0 Å². The number of nitrogens with one attached hydrogen (secondary N) is 2. The summed E-state index contributed by atoms with van der Waals surface area (Å²) in [5, 5.41) is 9.09. The number of aromatic nitrogens is 4. The Hall–Kier alpha value is -4.04. The van der Waals surface area contributed by atoms with E-state index in [1.165, 1.54) is 17.8 Å². The van der Waals surface area contributed by atoms with Gasteiger partial charge in [0.2, 0.25) is 0 Å². The summed E-state index contributed by atoms with van der Waals surface area (Å²) in [6.45, 7) is 8.26. The van der Waals surface area contributed by atoms with Crippen LogP contribution in [0.3, 0.4) is 0 Å². The molecular weight excluding hydrogens is 470 g/mol. The fourth-order valence-electron chi connectivity index (χ4n) is 5.27. The van der Waals surface area contributed by atoms with Crippen molar-refractivity contribution in [3.63, 3.8) is 0 Å². The first-order valence-corrected chi connectivity index (χ1v) is 12.5. The standard InChI is InChI=1S/C29H28F2N6/c1-18-28(19(2)37(35-18)17-20-11-23(30)14-24(31)12-20)27-16-34-29-26(27)13-22(15-33-29)21-3-5-25(6-4-21)36-9-7-32-8-10-36/h3-6,11-16,32H,7-10,17H2,1-2H3,(H,33,34). The first kappa shape index (κ1) is 23.4. The van der Waals surface area contributed by atoms with E-state index in [9.17, 15) is 8.78 Å². The number of H-pyrrole nitrogens is 1. The number of aromatic amines is 1. The Balaban J connectivity index is 1.33. The van der Waals surface area contributed by atoms with Gasteiger partial charge in [0.15, 0.2) is 0 Å². The van der Waals surface area contributed by atoms with E-state index >= 15 is 0 Å². The molecule has 0 radical (unpaired) electrons. The molecule has 4 heterocycles. The summed E-state index contributed by atoms with van der Waals surface area (Å²) < 4.78 is 29.2. The highest BCUT2D eigenvalue weighted by Gasteiger charge is 2.19. The quantitative estimate of drug-likeness (QED) is 0.339. The van der Waals surface area contributed by atoms with Crippen LogP contribution in [0.1, 0.15) is 17.0 Å². The van der Waals surface area contributed by atoms with E-state index in [4.69, 9.17) is 5.10 Å². The monoisotopic (exact) mass is 498 g/mol. The number of benzene rings is 2. The number of hydrogen-bond donors (Lipinski definition) is 2. The van der Waals surface area contributed by atoms with E-state index in [2.05, 4.69) is 50.5 Å². The second-order valence-electron chi connectivity index (χ2n) is 9.59. The van der Waals surface area contributed by atoms with Gasteiger partial charge in [-0.1, -0.05) is 12.1 Å². The molecule has 3 aromatic heterocycles. The van der Waals surface area contributed by atoms with Crippen LogP contribution in [0, 0.1) is 25.5 Å². The summed E-state index contributed by atoms with van der Waals surface area (Å²) in [6.07, 6.45) is 3.85. The molecule has 5 aromatic rings. The highest BCUT2D eigenvalue weighted by molar-refractivity contribution is 5.97. The molecule has 1 saturated heterocycles. The van der Waals surface area contributed by atoms with Gasteiger partial charge in [0.1, 0.15) is 17.3 Å². The Labute approximate surface area is 214 Å². The molecular formula is C29H28F2N6. The molecule has 0 spiro atoms. The van der Waals surface area contributed by atoms with Crippen molar-refractivity contribution in [1.29, 1.82) is 0 Å². The maximum atomic E-state index is 13.7. The lowest BCUT2D eigenvalue weighted by Gasteiger charge is -2.29. The zero-order chi connectivity index (χ0) is 25.5. The van der Waals surface area contributed by atoms with Crippen LogP contribution < -0.4 is 10.2 Å². The number of nitrogens with zero attached hydrogens (tertiary/aromatic N) is 4. The SMILES string of the molecule is Cc1nn(Cc2cc(F)cc(F)c2)c(C)c1-c1c[nH]c2ncc(-c3ccc(N4CCNCC4)cc3)cc12. The molecule has 188 valence electrons. The summed E-state index contributed by atoms with van der Waals surface area (Å²) in [5.41, 5.74) is 8.49. The number of halogens is 2. The summed E-state index contributed by atoms with van der Waals surface area (Å²) in [6, 6.07) is 14.4. The zero-order valence-electron chi connectivity index (χ0n) is 20.9. The number of aryl methyl sites for hydroxylation is 1. The minimum absolute atomic E-state index is 0.284. The normalized spacial score (nSPS) is 14.0.